The standard InChI is InChI=1S/C18H15Cl2N3O3/c1-12-3-5-14(6-4-12)23(8-2-7-21)16(24)11-26-18(25)13-9-15(19)17(20)22-10-13/h3-6,9-10H,2,8,11H2,1H3. The number of amides is 1. The maximum atomic E-state index is 12.5. The van der Waals surface area contributed by atoms with Gasteiger partial charge in [0.2, 0.25) is 0 Å². The Morgan fingerprint density at radius 1 is 1.27 bits per heavy atom. The van der Waals surface area contributed by atoms with E-state index < -0.39 is 18.5 Å². The average molecular weight is 392 g/mol. The number of hydrogen-bond acceptors (Lipinski definition) is 5. The quantitative estimate of drug-likeness (QED) is 0.552. The van der Waals surface area contributed by atoms with Gasteiger partial charge in [0.05, 0.1) is 23.1 Å². The van der Waals surface area contributed by atoms with Gasteiger partial charge in [-0.05, 0) is 25.1 Å². The highest BCUT2D eigenvalue weighted by Gasteiger charge is 2.18. The van der Waals surface area contributed by atoms with Gasteiger partial charge in [0.1, 0.15) is 5.15 Å². The Hall–Kier alpha value is -2.62. The van der Waals surface area contributed by atoms with Crippen molar-refractivity contribution in [3.05, 3.63) is 57.8 Å². The van der Waals surface area contributed by atoms with Gasteiger partial charge in [-0.15, -0.1) is 0 Å². The third kappa shape index (κ3) is 5.19. The number of esters is 1. The van der Waals surface area contributed by atoms with Crippen molar-refractivity contribution >= 4 is 40.8 Å². The molecular weight excluding hydrogens is 377 g/mol. The maximum absolute atomic E-state index is 12.5. The molecule has 1 amide bonds. The lowest BCUT2D eigenvalue weighted by molar-refractivity contribution is -0.121. The maximum Gasteiger partial charge on any atom is 0.340 e. The number of anilines is 1. The lowest BCUT2D eigenvalue weighted by Crippen LogP contribution is -2.35. The molecule has 0 saturated heterocycles. The molecule has 0 atom stereocenters. The van der Waals surface area contributed by atoms with Crippen LogP contribution in [-0.4, -0.2) is 30.0 Å². The summed E-state index contributed by atoms with van der Waals surface area (Å²) in [7, 11) is 0. The molecule has 26 heavy (non-hydrogen) atoms. The van der Waals surface area contributed by atoms with Crippen LogP contribution in [0.15, 0.2) is 36.5 Å². The van der Waals surface area contributed by atoms with Crippen molar-refractivity contribution in [2.75, 3.05) is 18.1 Å². The molecule has 0 aliphatic rings. The largest absolute Gasteiger partial charge is 0.452 e. The summed E-state index contributed by atoms with van der Waals surface area (Å²) in [5.41, 5.74) is 1.76. The highest BCUT2D eigenvalue weighted by atomic mass is 35.5. The van der Waals surface area contributed by atoms with Crippen LogP contribution in [-0.2, 0) is 9.53 Å². The van der Waals surface area contributed by atoms with E-state index >= 15 is 0 Å². The van der Waals surface area contributed by atoms with Gasteiger partial charge < -0.3 is 9.64 Å². The SMILES string of the molecule is Cc1ccc(N(CCC#N)C(=O)COC(=O)c2cnc(Cl)c(Cl)c2)cc1. The predicted molar refractivity (Wildman–Crippen MR) is 98.3 cm³/mol. The van der Waals surface area contributed by atoms with Gasteiger partial charge in [-0.25, -0.2) is 9.78 Å². The molecule has 0 N–H and O–H groups in total. The van der Waals surface area contributed by atoms with Crippen LogP contribution in [0.5, 0.6) is 0 Å². The molecule has 0 fully saturated rings. The fourth-order valence-electron chi connectivity index (χ4n) is 2.11. The van der Waals surface area contributed by atoms with E-state index in [2.05, 4.69) is 4.98 Å². The molecular formula is C18H15Cl2N3O3. The summed E-state index contributed by atoms with van der Waals surface area (Å²) < 4.78 is 5.04. The summed E-state index contributed by atoms with van der Waals surface area (Å²) in [5, 5.41) is 8.98. The number of halogens is 2. The molecule has 6 nitrogen and oxygen atoms in total. The number of nitriles is 1. The number of carbonyl (C=O) groups is 2. The minimum absolute atomic E-state index is 0.0707. The number of ether oxygens (including phenoxy) is 1. The summed E-state index contributed by atoms with van der Waals surface area (Å²) in [6, 6.07) is 10.6. The molecule has 1 aromatic heterocycles. The van der Waals surface area contributed by atoms with Crippen LogP contribution >= 0.6 is 23.2 Å². The summed E-state index contributed by atoms with van der Waals surface area (Å²) in [4.78, 5) is 29.7. The Bertz CT molecular complexity index is 848. The molecule has 8 heteroatoms. The van der Waals surface area contributed by atoms with Gasteiger partial charge in [0, 0.05) is 18.4 Å². The lowest BCUT2D eigenvalue weighted by atomic mass is 10.2. The smallest absolute Gasteiger partial charge is 0.340 e. The van der Waals surface area contributed by atoms with E-state index in [9.17, 15) is 9.59 Å². The number of carbonyl (C=O) groups excluding carboxylic acids is 2. The van der Waals surface area contributed by atoms with Crippen molar-refractivity contribution in [2.24, 2.45) is 0 Å². The van der Waals surface area contributed by atoms with Crippen LogP contribution in [0.25, 0.3) is 0 Å². The van der Waals surface area contributed by atoms with Crippen LogP contribution in [0, 0.1) is 18.3 Å². The summed E-state index contributed by atoms with van der Waals surface area (Å²) in [5.74, 6) is -1.18. The average Bonchev–Trinajstić information content (AvgIpc) is 2.63. The number of aryl methyl sites for hydroxylation is 1. The van der Waals surface area contributed by atoms with Crippen LogP contribution in [0.4, 0.5) is 5.69 Å². The highest BCUT2D eigenvalue weighted by molar-refractivity contribution is 6.41. The van der Waals surface area contributed by atoms with E-state index in [4.69, 9.17) is 33.2 Å². The normalized spacial score (nSPS) is 10.1. The fraction of sp³-hybridized carbons (Fsp3) is 0.222. The minimum Gasteiger partial charge on any atom is -0.452 e. The van der Waals surface area contributed by atoms with E-state index in [0.717, 1.165) is 5.56 Å². The second-order valence-corrected chi connectivity index (χ2v) is 6.13. The molecule has 0 radical (unpaired) electrons. The van der Waals surface area contributed by atoms with E-state index in [1.807, 2.05) is 25.1 Å². The summed E-state index contributed by atoms with van der Waals surface area (Å²) in [6.45, 7) is 1.65. The van der Waals surface area contributed by atoms with E-state index in [0.29, 0.717) is 5.69 Å². The number of rotatable bonds is 6. The number of aromatic nitrogens is 1. The first kappa shape index (κ1) is 19.7. The molecule has 0 aliphatic heterocycles. The van der Waals surface area contributed by atoms with Crippen molar-refractivity contribution < 1.29 is 14.3 Å². The first-order chi connectivity index (χ1) is 12.4. The molecule has 0 saturated carbocycles. The number of nitrogens with zero attached hydrogens (tertiary/aromatic N) is 3. The summed E-state index contributed by atoms with van der Waals surface area (Å²) in [6.07, 6.45) is 1.37. The Labute approximate surface area is 160 Å². The van der Waals surface area contributed by atoms with Crippen LogP contribution in [0.2, 0.25) is 10.2 Å². The number of hydrogen-bond donors (Lipinski definition) is 0. The van der Waals surface area contributed by atoms with Crippen molar-refractivity contribution in [1.82, 2.24) is 4.98 Å². The molecule has 0 spiro atoms. The predicted octanol–water partition coefficient (Wildman–Crippen LogP) is 3.80. The first-order valence-electron chi connectivity index (χ1n) is 7.64. The molecule has 0 unspecified atom stereocenters. The zero-order valence-electron chi connectivity index (χ0n) is 13.9. The monoisotopic (exact) mass is 391 g/mol. The zero-order valence-corrected chi connectivity index (χ0v) is 15.4. The number of benzene rings is 1. The first-order valence-corrected chi connectivity index (χ1v) is 8.40. The second-order valence-electron chi connectivity index (χ2n) is 5.36. The topological polar surface area (TPSA) is 83.3 Å². The van der Waals surface area contributed by atoms with E-state index in [-0.39, 0.29) is 28.7 Å². The Morgan fingerprint density at radius 3 is 2.58 bits per heavy atom. The minimum atomic E-state index is -0.742. The zero-order chi connectivity index (χ0) is 19.1. The molecule has 0 bridgehead atoms. The van der Waals surface area contributed by atoms with Crippen molar-refractivity contribution in [3.8, 4) is 6.07 Å². The molecule has 2 rings (SSSR count). The van der Waals surface area contributed by atoms with Crippen LogP contribution in [0.3, 0.4) is 0 Å². The summed E-state index contributed by atoms with van der Waals surface area (Å²) >= 11 is 11.5. The Balaban J connectivity index is 2.06. The molecule has 1 heterocycles. The van der Waals surface area contributed by atoms with Crippen LogP contribution in [0.1, 0.15) is 22.3 Å². The number of pyridine rings is 1. The van der Waals surface area contributed by atoms with Gasteiger partial charge in [-0.2, -0.15) is 5.26 Å². The van der Waals surface area contributed by atoms with Crippen molar-refractivity contribution in [2.45, 2.75) is 13.3 Å². The molecule has 2 aromatic rings. The molecule has 134 valence electrons. The van der Waals surface area contributed by atoms with Crippen molar-refractivity contribution in [1.29, 1.82) is 5.26 Å². The van der Waals surface area contributed by atoms with Gasteiger partial charge in [-0.3, -0.25) is 4.79 Å². The van der Waals surface area contributed by atoms with Gasteiger partial charge >= 0.3 is 5.97 Å². The van der Waals surface area contributed by atoms with E-state index in [1.165, 1.54) is 17.2 Å². The third-order valence-corrected chi connectivity index (χ3v) is 4.14. The Kier molecular flexibility index (Phi) is 6.96. The van der Waals surface area contributed by atoms with Crippen molar-refractivity contribution in [3.63, 3.8) is 0 Å². The second kappa shape index (κ2) is 9.18. The van der Waals surface area contributed by atoms with E-state index in [1.54, 1.807) is 12.1 Å². The van der Waals surface area contributed by atoms with Gasteiger partial charge in [-0.1, -0.05) is 40.9 Å². The Morgan fingerprint density at radius 2 is 1.96 bits per heavy atom. The fourth-order valence-corrected chi connectivity index (χ4v) is 2.38. The lowest BCUT2D eigenvalue weighted by Gasteiger charge is -2.21. The van der Waals surface area contributed by atoms with Gasteiger partial charge in [0.25, 0.3) is 5.91 Å². The van der Waals surface area contributed by atoms with Crippen LogP contribution < -0.4 is 4.90 Å². The molecule has 0 aliphatic carbocycles. The third-order valence-electron chi connectivity index (χ3n) is 3.45. The molecule has 1 aromatic carbocycles. The van der Waals surface area contributed by atoms with Gasteiger partial charge in [0.15, 0.2) is 6.61 Å². The highest BCUT2D eigenvalue weighted by Crippen LogP contribution is 2.20.